The maximum absolute atomic E-state index is 12.3. The summed E-state index contributed by atoms with van der Waals surface area (Å²) in [6, 6.07) is 0.543. The van der Waals surface area contributed by atoms with Crippen molar-refractivity contribution in [2.75, 3.05) is 13.1 Å². The van der Waals surface area contributed by atoms with E-state index >= 15 is 0 Å². The van der Waals surface area contributed by atoms with E-state index in [0.29, 0.717) is 19.1 Å². The smallest absolute Gasteiger partial charge is 0.259 e. The first kappa shape index (κ1) is 16.9. The van der Waals surface area contributed by atoms with E-state index in [1.165, 1.54) is 38.5 Å². The van der Waals surface area contributed by atoms with Gasteiger partial charge in [-0.15, -0.1) is 0 Å². The van der Waals surface area contributed by atoms with Crippen molar-refractivity contribution in [2.45, 2.75) is 75.4 Å². The van der Waals surface area contributed by atoms with E-state index in [1.54, 1.807) is 6.20 Å². The summed E-state index contributed by atoms with van der Waals surface area (Å²) in [5.41, 5.74) is 0. The summed E-state index contributed by atoms with van der Waals surface area (Å²) in [6.07, 6.45) is 12.4. The molecule has 0 amide bonds. The van der Waals surface area contributed by atoms with Crippen LogP contribution in [0.15, 0.2) is 11.2 Å². The number of aryl methyl sites for hydroxylation is 2. The molecule has 0 radical (unpaired) electrons. The number of imidazole rings is 1. The van der Waals surface area contributed by atoms with Crippen molar-refractivity contribution in [2.24, 2.45) is 0 Å². The monoisotopic (exact) mass is 340 g/mol. The van der Waals surface area contributed by atoms with Crippen LogP contribution in [-0.4, -0.2) is 37.1 Å². The number of sulfonamides is 1. The molecule has 0 unspecified atom stereocenters. The van der Waals surface area contributed by atoms with Gasteiger partial charge in [0, 0.05) is 38.3 Å². The first-order valence-corrected chi connectivity index (χ1v) is 10.4. The number of fused-ring (bicyclic) bond motifs is 1. The van der Waals surface area contributed by atoms with E-state index < -0.39 is 10.0 Å². The van der Waals surface area contributed by atoms with Crippen molar-refractivity contribution in [3.8, 4) is 0 Å². The van der Waals surface area contributed by atoms with Crippen molar-refractivity contribution in [3.05, 3.63) is 12.0 Å². The fourth-order valence-electron chi connectivity index (χ4n) is 3.54. The molecule has 1 aromatic heterocycles. The minimum atomic E-state index is -3.49. The summed E-state index contributed by atoms with van der Waals surface area (Å²) in [4.78, 5) is 4.30. The van der Waals surface area contributed by atoms with Crippen molar-refractivity contribution in [1.82, 2.24) is 19.6 Å². The maximum Gasteiger partial charge on any atom is 0.259 e. The van der Waals surface area contributed by atoms with E-state index in [4.69, 9.17) is 0 Å². The molecular weight excluding hydrogens is 312 g/mol. The first-order chi connectivity index (χ1) is 11.1. The third-order valence-corrected chi connectivity index (χ3v) is 6.20. The molecule has 1 saturated carbocycles. The molecule has 130 valence electrons. The van der Waals surface area contributed by atoms with Crippen LogP contribution in [0.25, 0.3) is 0 Å². The molecule has 1 aromatic rings. The lowest BCUT2D eigenvalue weighted by atomic mass is 10.1. The van der Waals surface area contributed by atoms with Crippen LogP contribution in [0.1, 0.15) is 57.2 Å². The molecule has 0 saturated heterocycles. The summed E-state index contributed by atoms with van der Waals surface area (Å²) in [5, 5.41) is 3.65. The molecule has 0 bridgehead atoms. The van der Waals surface area contributed by atoms with Crippen molar-refractivity contribution >= 4 is 10.0 Å². The number of hydrogen-bond acceptors (Lipinski definition) is 4. The van der Waals surface area contributed by atoms with Gasteiger partial charge in [-0.05, 0) is 25.7 Å². The number of hydrogen-bond donors (Lipinski definition) is 2. The molecule has 2 heterocycles. The van der Waals surface area contributed by atoms with Crippen LogP contribution in [0, 0.1) is 0 Å². The van der Waals surface area contributed by atoms with Gasteiger partial charge in [-0.3, -0.25) is 0 Å². The molecule has 0 atom stereocenters. The van der Waals surface area contributed by atoms with Gasteiger partial charge in [0.25, 0.3) is 10.0 Å². The van der Waals surface area contributed by atoms with Gasteiger partial charge in [0.15, 0.2) is 5.03 Å². The largest absolute Gasteiger partial charge is 0.333 e. The Morgan fingerprint density at radius 3 is 2.61 bits per heavy atom. The second-order valence-electron chi connectivity index (χ2n) is 6.69. The van der Waals surface area contributed by atoms with Crippen molar-refractivity contribution in [3.63, 3.8) is 0 Å². The fraction of sp³-hybridized carbons (Fsp3) is 0.812. The number of rotatable bonds is 6. The van der Waals surface area contributed by atoms with Gasteiger partial charge >= 0.3 is 0 Å². The Balaban J connectivity index is 1.47. The van der Waals surface area contributed by atoms with Gasteiger partial charge in [-0.25, -0.2) is 18.1 Å². The van der Waals surface area contributed by atoms with Gasteiger partial charge in [0.2, 0.25) is 0 Å². The first-order valence-electron chi connectivity index (χ1n) is 8.94. The molecule has 0 aromatic carbocycles. The molecule has 3 rings (SSSR count). The van der Waals surface area contributed by atoms with E-state index in [1.807, 2.05) is 4.57 Å². The molecule has 1 aliphatic heterocycles. The minimum absolute atomic E-state index is 0.170. The van der Waals surface area contributed by atoms with E-state index in [-0.39, 0.29) is 5.03 Å². The summed E-state index contributed by atoms with van der Waals surface area (Å²) in [5.74, 6) is 0.896. The highest BCUT2D eigenvalue weighted by Gasteiger charge is 2.21. The van der Waals surface area contributed by atoms with Gasteiger partial charge in [-0.1, -0.05) is 25.7 Å². The topological polar surface area (TPSA) is 76.0 Å². The van der Waals surface area contributed by atoms with Crippen molar-refractivity contribution < 1.29 is 8.42 Å². The normalized spacial score (nSPS) is 20.2. The van der Waals surface area contributed by atoms with Gasteiger partial charge in [-0.2, -0.15) is 0 Å². The highest BCUT2D eigenvalue weighted by Crippen LogP contribution is 2.18. The quantitative estimate of drug-likeness (QED) is 0.612. The number of aromatic nitrogens is 2. The molecule has 6 nitrogen and oxygen atoms in total. The maximum atomic E-state index is 12.3. The lowest BCUT2D eigenvalue weighted by molar-refractivity contribution is 0.461. The van der Waals surface area contributed by atoms with Crippen LogP contribution in [0.5, 0.6) is 0 Å². The molecule has 2 N–H and O–H groups in total. The van der Waals surface area contributed by atoms with E-state index in [9.17, 15) is 8.42 Å². The molecule has 1 fully saturated rings. The zero-order valence-electron chi connectivity index (χ0n) is 13.8. The summed E-state index contributed by atoms with van der Waals surface area (Å²) < 4.78 is 29.3. The van der Waals surface area contributed by atoms with E-state index in [2.05, 4.69) is 15.0 Å². The van der Waals surface area contributed by atoms with Crippen LogP contribution >= 0.6 is 0 Å². The fourth-order valence-corrected chi connectivity index (χ4v) is 4.55. The Morgan fingerprint density at radius 1 is 1.09 bits per heavy atom. The SMILES string of the molecule is O=S(=O)(NCCNC1CCCCCC1)c1cn2c(n1)CCCC2. The average molecular weight is 340 g/mol. The van der Waals surface area contributed by atoms with Gasteiger partial charge in [0.05, 0.1) is 0 Å². The zero-order valence-corrected chi connectivity index (χ0v) is 14.6. The van der Waals surface area contributed by atoms with Gasteiger partial charge < -0.3 is 9.88 Å². The second-order valence-corrected chi connectivity index (χ2v) is 8.40. The average Bonchev–Trinajstić information content (AvgIpc) is 2.82. The van der Waals surface area contributed by atoms with Crippen LogP contribution in [0.2, 0.25) is 0 Å². The Hall–Kier alpha value is -0.920. The molecular formula is C16H28N4O2S. The number of nitrogens with one attached hydrogen (secondary N) is 2. The van der Waals surface area contributed by atoms with Crippen LogP contribution in [0.4, 0.5) is 0 Å². The molecule has 7 heteroatoms. The predicted molar refractivity (Wildman–Crippen MR) is 89.8 cm³/mol. The third-order valence-electron chi connectivity index (χ3n) is 4.87. The molecule has 23 heavy (non-hydrogen) atoms. The lowest BCUT2D eigenvalue weighted by Gasteiger charge is -2.16. The zero-order chi connectivity index (χ0) is 16.1. The van der Waals surface area contributed by atoms with Crippen LogP contribution < -0.4 is 10.0 Å². The summed E-state index contributed by atoms with van der Waals surface area (Å²) >= 11 is 0. The molecule has 1 aliphatic carbocycles. The van der Waals surface area contributed by atoms with E-state index in [0.717, 1.165) is 31.6 Å². The Labute approximate surface area is 139 Å². The number of nitrogens with zero attached hydrogens (tertiary/aromatic N) is 2. The Morgan fingerprint density at radius 2 is 1.87 bits per heavy atom. The Bertz CT molecular complexity index is 580. The Kier molecular flexibility index (Phi) is 5.71. The standard InChI is InChI=1S/C16H28N4O2S/c21-23(22,16-13-20-12-6-5-9-15(20)19-16)18-11-10-17-14-7-3-1-2-4-8-14/h13-14,17-18H,1-12H2. The second kappa shape index (κ2) is 7.77. The molecule has 0 spiro atoms. The van der Waals surface area contributed by atoms with Crippen LogP contribution in [-0.2, 0) is 23.0 Å². The highest BCUT2D eigenvalue weighted by atomic mass is 32.2. The predicted octanol–water partition coefficient (Wildman–Crippen LogP) is 1.81. The molecule has 2 aliphatic rings. The van der Waals surface area contributed by atoms with Crippen molar-refractivity contribution in [1.29, 1.82) is 0 Å². The third kappa shape index (κ3) is 4.55. The lowest BCUT2D eigenvalue weighted by Crippen LogP contribution is -2.37. The highest BCUT2D eigenvalue weighted by molar-refractivity contribution is 7.89. The van der Waals surface area contributed by atoms with Gasteiger partial charge in [0.1, 0.15) is 5.82 Å². The summed E-state index contributed by atoms with van der Waals surface area (Å²) in [6.45, 7) is 1.97. The summed E-state index contributed by atoms with van der Waals surface area (Å²) in [7, 11) is -3.49. The minimum Gasteiger partial charge on any atom is -0.333 e. The van der Waals surface area contributed by atoms with Crippen LogP contribution in [0.3, 0.4) is 0 Å².